The van der Waals surface area contributed by atoms with Gasteiger partial charge in [-0.2, -0.15) is 0 Å². The highest BCUT2D eigenvalue weighted by atomic mass is 16.7. The number of methoxy groups -OCH3 is 2. The van der Waals surface area contributed by atoms with Gasteiger partial charge in [0.25, 0.3) is 0 Å². The molecule has 0 unspecified atom stereocenters. The van der Waals surface area contributed by atoms with Gasteiger partial charge in [-0.15, -0.1) is 0 Å². The molecule has 1 fully saturated rings. The Morgan fingerprint density at radius 3 is 2.18 bits per heavy atom. The molecular weight excluding hydrogens is 500 g/mol. The van der Waals surface area contributed by atoms with Crippen LogP contribution in [0.25, 0.3) is 12.2 Å². The first-order chi connectivity index (χ1) is 18.2. The van der Waals surface area contributed by atoms with Crippen LogP contribution >= 0.6 is 0 Å². The first-order valence-corrected chi connectivity index (χ1v) is 11.5. The molecule has 2 aromatic carbocycles. The number of aromatic hydroxyl groups is 1. The Morgan fingerprint density at radius 1 is 0.895 bits per heavy atom. The van der Waals surface area contributed by atoms with Crippen molar-refractivity contribution in [2.45, 2.75) is 30.7 Å². The Hall–Kier alpha value is -3.87. The lowest BCUT2D eigenvalue weighted by Gasteiger charge is -2.39. The number of ketones is 1. The molecule has 1 heterocycles. The maximum Gasteiger partial charge on any atom is 0.229 e. The summed E-state index contributed by atoms with van der Waals surface area (Å²) in [7, 11) is 2.80. The summed E-state index contributed by atoms with van der Waals surface area (Å²) < 4.78 is 21.3. The standard InChI is InChI=1S/C27H30O11/c1-35-21-11-15(5-9-19(21)31)3-7-17(29)13-18(30)8-4-16-6-10-20(22(12-16)36-2)37-27-26(34)25(33)24(32)23(14-28)38-27/h3-13,23-28,30-34H,14H2,1-2H3/b7-3+,8-4+,18-13?/t23-,24-,25+,26-,27-/m1/s1. The maximum absolute atomic E-state index is 12.2. The monoisotopic (exact) mass is 530 g/mol. The molecule has 1 aliphatic rings. The third kappa shape index (κ3) is 7.12. The second-order valence-corrected chi connectivity index (χ2v) is 8.29. The van der Waals surface area contributed by atoms with Gasteiger partial charge in [0, 0.05) is 6.08 Å². The fourth-order valence-corrected chi connectivity index (χ4v) is 3.57. The number of hydrogen-bond acceptors (Lipinski definition) is 11. The molecule has 0 radical (unpaired) electrons. The molecule has 0 aliphatic carbocycles. The van der Waals surface area contributed by atoms with Gasteiger partial charge in [-0.3, -0.25) is 4.79 Å². The van der Waals surface area contributed by atoms with E-state index < -0.39 is 43.1 Å². The Morgan fingerprint density at radius 2 is 1.53 bits per heavy atom. The molecule has 1 aliphatic heterocycles. The highest BCUT2D eigenvalue weighted by molar-refractivity contribution is 6.02. The zero-order chi connectivity index (χ0) is 27.8. The van der Waals surface area contributed by atoms with Crippen molar-refractivity contribution in [3.05, 3.63) is 71.5 Å². The van der Waals surface area contributed by atoms with Crippen LogP contribution in [0.3, 0.4) is 0 Å². The highest BCUT2D eigenvalue weighted by Crippen LogP contribution is 2.32. The van der Waals surface area contributed by atoms with Crippen molar-refractivity contribution in [2.24, 2.45) is 0 Å². The Labute approximate surface area is 218 Å². The van der Waals surface area contributed by atoms with E-state index in [9.17, 15) is 35.4 Å². The summed E-state index contributed by atoms with van der Waals surface area (Å²) in [6.07, 6.45) is -0.562. The third-order valence-electron chi connectivity index (χ3n) is 5.66. The van der Waals surface area contributed by atoms with Gasteiger partial charge >= 0.3 is 0 Å². The minimum absolute atomic E-state index is 0.0243. The Kier molecular flexibility index (Phi) is 9.88. The molecular formula is C27H30O11. The molecule has 38 heavy (non-hydrogen) atoms. The summed E-state index contributed by atoms with van der Waals surface area (Å²) in [6, 6.07) is 9.26. The van der Waals surface area contributed by atoms with Crippen molar-refractivity contribution in [1.29, 1.82) is 0 Å². The number of allylic oxidation sites excluding steroid dienone is 3. The van der Waals surface area contributed by atoms with Gasteiger partial charge in [0.1, 0.15) is 30.2 Å². The van der Waals surface area contributed by atoms with Gasteiger partial charge < -0.3 is 49.6 Å². The molecule has 0 aromatic heterocycles. The maximum atomic E-state index is 12.2. The van der Waals surface area contributed by atoms with E-state index in [1.54, 1.807) is 24.3 Å². The topological polar surface area (TPSA) is 175 Å². The summed E-state index contributed by atoms with van der Waals surface area (Å²) in [4.78, 5) is 12.2. The summed E-state index contributed by atoms with van der Waals surface area (Å²) in [6.45, 7) is -0.591. The summed E-state index contributed by atoms with van der Waals surface area (Å²) in [5, 5.41) is 59.1. The van der Waals surface area contributed by atoms with E-state index in [4.69, 9.17) is 18.9 Å². The number of hydrogen-bond donors (Lipinski definition) is 6. The average molecular weight is 531 g/mol. The Bertz CT molecular complexity index is 1200. The molecule has 5 atom stereocenters. The van der Waals surface area contributed by atoms with E-state index in [0.717, 1.165) is 6.08 Å². The smallest absolute Gasteiger partial charge is 0.229 e. The van der Waals surface area contributed by atoms with Crippen molar-refractivity contribution < 1.29 is 54.4 Å². The van der Waals surface area contributed by atoms with Crippen LogP contribution in [0, 0.1) is 0 Å². The van der Waals surface area contributed by atoms with Gasteiger partial charge in [0.05, 0.1) is 20.8 Å². The minimum Gasteiger partial charge on any atom is -0.508 e. The highest BCUT2D eigenvalue weighted by Gasteiger charge is 2.44. The second kappa shape index (κ2) is 13.1. The van der Waals surface area contributed by atoms with Crippen molar-refractivity contribution in [3.63, 3.8) is 0 Å². The van der Waals surface area contributed by atoms with Crippen LogP contribution < -0.4 is 14.2 Å². The summed E-state index contributed by atoms with van der Waals surface area (Å²) in [5.41, 5.74) is 1.19. The van der Waals surface area contributed by atoms with Gasteiger partial charge in [0.15, 0.2) is 28.8 Å². The van der Waals surface area contributed by atoms with E-state index >= 15 is 0 Å². The number of phenolic OH excluding ortho intramolecular Hbond substituents is 1. The lowest BCUT2D eigenvalue weighted by molar-refractivity contribution is -0.277. The van der Waals surface area contributed by atoms with Gasteiger partial charge in [0.2, 0.25) is 6.29 Å². The molecule has 11 nitrogen and oxygen atoms in total. The van der Waals surface area contributed by atoms with Crippen molar-refractivity contribution >= 4 is 17.9 Å². The molecule has 3 rings (SSSR count). The van der Waals surface area contributed by atoms with E-state index in [-0.39, 0.29) is 28.8 Å². The molecule has 0 spiro atoms. The molecule has 0 bridgehead atoms. The number of benzene rings is 2. The lowest BCUT2D eigenvalue weighted by atomic mass is 9.99. The van der Waals surface area contributed by atoms with Gasteiger partial charge in [-0.05, 0) is 47.5 Å². The van der Waals surface area contributed by atoms with Crippen LogP contribution in [0.2, 0.25) is 0 Å². The van der Waals surface area contributed by atoms with E-state index in [1.807, 2.05) is 0 Å². The molecule has 11 heteroatoms. The number of aliphatic hydroxyl groups excluding tert-OH is 5. The van der Waals surface area contributed by atoms with Gasteiger partial charge in [-0.1, -0.05) is 24.3 Å². The zero-order valence-electron chi connectivity index (χ0n) is 20.7. The van der Waals surface area contributed by atoms with Crippen LogP contribution in [0.1, 0.15) is 11.1 Å². The second-order valence-electron chi connectivity index (χ2n) is 8.29. The van der Waals surface area contributed by atoms with Crippen LogP contribution in [0.15, 0.2) is 60.4 Å². The normalized spacial score (nSPS) is 24.1. The number of carbonyl (C=O) groups is 1. The number of rotatable bonds is 10. The van der Waals surface area contributed by atoms with Crippen molar-refractivity contribution in [1.82, 2.24) is 0 Å². The van der Waals surface area contributed by atoms with Crippen molar-refractivity contribution in [2.75, 3.05) is 20.8 Å². The van der Waals surface area contributed by atoms with Crippen LogP contribution in [-0.4, -0.2) is 88.0 Å². The Balaban J connectivity index is 1.66. The SMILES string of the molecule is COc1cc(/C=C/C(=O)C=C(O)/C=C/c2ccc(O[C@@H]3O[C@H](CO)[C@@H](O)[C@H](O)[C@H]3O)c(OC)c2)ccc1O. The van der Waals surface area contributed by atoms with Crippen molar-refractivity contribution in [3.8, 4) is 23.0 Å². The van der Waals surface area contributed by atoms with Crippen LogP contribution in [0.5, 0.6) is 23.0 Å². The van der Waals surface area contributed by atoms with E-state index in [1.165, 1.54) is 50.7 Å². The molecule has 6 N–H and O–H groups in total. The summed E-state index contributed by atoms with van der Waals surface area (Å²) >= 11 is 0. The number of aliphatic hydroxyl groups is 5. The third-order valence-corrected chi connectivity index (χ3v) is 5.66. The number of phenols is 1. The van der Waals surface area contributed by atoms with Gasteiger partial charge in [-0.25, -0.2) is 0 Å². The molecule has 1 saturated heterocycles. The fourth-order valence-electron chi connectivity index (χ4n) is 3.57. The molecule has 0 amide bonds. The quantitative estimate of drug-likeness (QED) is 0.148. The lowest BCUT2D eigenvalue weighted by Crippen LogP contribution is -2.60. The largest absolute Gasteiger partial charge is 0.508 e. The summed E-state index contributed by atoms with van der Waals surface area (Å²) in [5.74, 6) is -0.149. The number of carbonyl (C=O) groups excluding carboxylic acids is 1. The number of ether oxygens (including phenoxy) is 4. The first-order valence-electron chi connectivity index (χ1n) is 11.5. The predicted octanol–water partition coefficient (Wildman–Crippen LogP) is 1.33. The molecule has 204 valence electrons. The van der Waals surface area contributed by atoms with Crippen LogP contribution in [0.4, 0.5) is 0 Å². The average Bonchev–Trinajstić information content (AvgIpc) is 2.92. The first kappa shape index (κ1) is 28.7. The molecule has 0 saturated carbocycles. The molecule has 2 aromatic rings. The van der Waals surface area contributed by atoms with E-state index in [0.29, 0.717) is 11.1 Å². The minimum atomic E-state index is -1.59. The zero-order valence-corrected chi connectivity index (χ0v) is 20.7. The van der Waals surface area contributed by atoms with E-state index in [2.05, 4.69) is 0 Å². The van der Waals surface area contributed by atoms with Crippen LogP contribution in [-0.2, 0) is 9.53 Å². The predicted molar refractivity (Wildman–Crippen MR) is 136 cm³/mol. The fraction of sp³-hybridized carbons (Fsp3) is 0.296.